The van der Waals surface area contributed by atoms with Gasteiger partial charge in [-0.1, -0.05) is 6.92 Å². The SMILES string of the molecule is CC1(C#N)CCC(F)CC1.CC1(C=O)CCC(F)CC1.O=CC1(O)CCC(F)CC1. The second-order valence-electron chi connectivity index (χ2n) is 9.69. The lowest BCUT2D eigenvalue weighted by Crippen LogP contribution is -2.35. The Labute approximate surface area is 178 Å². The number of nitriles is 1. The van der Waals surface area contributed by atoms with E-state index in [1.807, 2.05) is 13.8 Å². The Kier molecular flexibility index (Phi) is 10.5. The fourth-order valence-electron chi connectivity index (χ4n) is 3.89. The van der Waals surface area contributed by atoms with Gasteiger partial charge >= 0.3 is 0 Å². The van der Waals surface area contributed by atoms with Crippen molar-refractivity contribution in [2.75, 3.05) is 0 Å². The molecule has 3 aliphatic carbocycles. The zero-order chi connectivity index (χ0) is 22.8. The molecule has 3 rings (SSSR count). The van der Waals surface area contributed by atoms with Gasteiger partial charge in [0, 0.05) is 5.41 Å². The summed E-state index contributed by atoms with van der Waals surface area (Å²) in [4.78, 5) is 20.7. The van der Waals surface area contributed by atoms with Crippen LogP contribution in [0.25, 0.3) is 0 Å². The fraction of sp³-hybridized carbons (Fsp3) is 0.870. The summed E-state index contributed by atoms with van der Waals surface area (Å²) >= 11 is 0. The third-order valence-electron chi connectivity index (χ3n) is 6.63. The van der Waals surface area contributed by atoms with Crippen LogP contribution in [0.5, 0.6) is 0 Å². The van der Waals surface area contributed by atoms with Gasteiger partial charge in [0.15, 0.2) is 6.29 Å². The fourth-order valence-corrected chi connectivity index (χ4v) is 3.89. The van der Waals surface area contributed by atoms with Gasteiger partial charge < -0.3 is 14.7 Å². The van der Waals surface area contributed by atoms with Crippen LogP contribution in [-0.2, 0) is 9.59 Å². The summed E-state index contributed by atoms with van der Waals surface area (Å²) in [5, 5.41) is 17.9. The molecule has 0 atom stereocenters. The Balaban J connectivity index is 0.000000225. The monoisotopic (exact) mass is 431 g/mol. The molecular formula is C23H36F3NO3. The van der Waals surface area contributed by atoms with E-state index < -0.39 is 24.1 Å². The minimum atomic E-state index is -1.22. The summed E-state index contributed by atoms with van der Waals surface area (Å²) in [6.45, 7) is 3.82. The van der Waals surface area contributed by atoms with Crippen LogP contribution in [0.4, 0.5) is 13.2 Å². The van der Waals surface area contributed by atoms with Gasteiger partial charge in [-0.3, -0.25) is 0 Å². The van der Waals surface area contributed by atoms with Crippen LogP contribution in [0, 0.1) is 22.2 Å². The third-order valence-corrected chi connectivity index (χ3v) is 6.63. The molecule has 0 saturated heterocycles. The predicted octanol–water partition coefficient (Wildman–Crippen LogP) is 5.36. The van der Waals surface area contributed by atoms with Crippen molar-refractivity contribution in [3.05, 3.63) is 0 Å². The molecule has 7 heteroatoms. The highest BCUT2D eigenvalue weighted by atomic mass is 19.1. The molecule has 0 amide bonds. The number of nitrogens with zero attached hydrogens (tertiary/aromatic N) is 1. The van der Waals surface area contributed by atoms with Crippen molar-refractivity contribution < 1.29 is 27.9 Å². The largest absolute Gasteiger partial charge is 0.382 e. The highest BCUT2D eigenvalue weighted by Gasteiger charge is 2.33. The minimum absolute atomic E-state index is 0.220. The van der Waals surface area contributed by atoms with E-state index in [0.717, 1.165) is 32.0 Å². The number of rotatable bonds is 2. The van der Waals surface area contributed by atoms with E-state index in [9.17, 15) is 27.9 Å². The zero-order valence-electron chi connectivity index (χ0n) is 18.2. The van der Waals surface area contributed by atoms with E-state index in [1.165, 1.54) is 0 Å². The summed E-state index contributed by atoms with van der Waals surface area (Å²) in [6, 6.07) is 2.23. The van der Waals surface area contributed by atoms with Crippen molar-refractivity contribution in [2.45, 2.75) is 115 Å². The first-order valence-electron chi connectivity index (χ1n) is 11.0. The standard InChI is InChI=1S/C8H12FN.C8H13FO.C7H11FO2/c2*1-8(6-10)4-2-7(9)3-5-8;8-6-1-3-7(10,5-9)4-2-6/h7H,2-5H2,1H3;6-7H,2-5H2,1H3;5-6,10H,1-4H2. The average Bonchev–Trinajstić information content (AvgIpc) is 2.76. The third kappa shape index (κ3) is 9.16. The summed E-state index contributed by atoms with van der Waals surface area (Å²) < 4.78 is 37.5. The molecule has 172 valence electrons. The lowest BCUT2D eigenvalue weighted by Gasteiger charge is -2.29. The van der Waals surface area contributed by atoms with Gasteiger partial charge in [-0.15, -0.1) is 0 Å². The van der Waals surface area contributed by atoms with E-state index in [-0.39, 0.29) is 23.7 Å². The maximum absolute atomic E-state index is 12.6. The smallest absolute Gasteiger partial charge is 0.151 e. The van der Waals surface area contributed by atoms with Crippen molar-refractivity contribution in [1.82, 2.24) is 0 Å². The minimum Gasteiger partial charge on any atom is -0.382 e. The number of carbonyl (C=O) groups is 2. The predicted molar refractivity (Wildman–Crippen MR) is 109 cm³/mol. The van der Waals surface area contributed by atoms with Gasteiger partial charge in [0.25, 0.3) is 0 Å². The van der Waals surface area contributed by atoms with Gasteiger partial charge in [0.05, 0.1) is 11.5 Å². The maximum Gasteiger partial charge on any atom is 0.151 e. The molecule has 0 aromatic heterocycles. The quantitative estimate of drug-likeness (QED) is 0.597. The molecule has 0 radical (unpaired) electrons. The number of hydrogen-bond donors (Lipinski definition) is 1. The second-order valence-corrected chi connectivity index (χ2v) is 9.69. The summed E-state index contributed by atoms with van der Waals surface area (Å²) in [6.07, 6.45) is 5.72. The van der Waals surface area contributed by atoms with Crippen LogP contribution in [0.3, 0.4) is 0 Å². The number of hydrogen-bond acceptors (Lipinski definition) is 4. The Morgan fingerprint density at radius 1 is 0.767 bits per heavy atom. The molecule has 3 fully saturated rings. The van der Waals surface area contributed by atoms with Crippen molar-refractivity contribution >= 4 is 12.6 Å². The number of carbonyl (C=O) groups excluding carboxylic acids is 2. The lowest BCUT2D eigenvalue weighted by molar-refractivity contribution is -0.128. The topological polar surface area (TPSA) is 78.2 Å². The maximum atomic E-state index is 12.6. The van der Waals surface area contributed by atoms with E-state index in [0.29, 0.717) is 44.8 Å². The molecular weight excluding hydrogens is 395 g/mol. The summed E-state index contributed by atoms with van der Waals surface area (Å²) in [5.41, 5.74) is -1.67. The molecule has 0 heterocycles. The lowest BCUT2D eigenvalue weighted by atomic mass is 9.76. The van der Waals surface area contributed by atoms with E-state index in [1.54, 1.807) is 0 Å². The van der Waals surface area contributed by atoms with Crippen molar-refractivity contribution in [1.29, 1.82) is 5.26 Å². The van der Waals surface area contributed by atoms with Gasteiger partial charge in [0.2, 0.25) is 0 Å². The molecule has 3 saturated carbocycles. The van der Waals surface area contributed by atoms with Crippen LogP contribution >= 0.6 is 0 Å². The van der Waals surface area contributed by atoms with Crippen LogP contribution < -0.4 is 0 Å². The second kappa shape index (κ2) is 11.8. The Bertz CT molecular complexity index is 537. The molecule has 0 aliphatic heterocycles. The number of halogens is 3. The van der Waals surface area contributed by atoms with Crippen molar-refractivity contribution in [2.24, 2.45) is 10.8 Å². The number of alkyl halides is 3. The Hall–Kier alpha value is -1.42. The van der Waals surface area contributed by atoms with Crippen LogP contribution in [0.1, 0.15) is 90.9 Å². The number of aldehydes is 2. The van der Waals surface area contributed by atoms with Crippen LogP contribution in [-0.4, -0.2) is 41.8 Å². The van der Waals surface area contributed by atoms with Gasteiger partial charge in [-0.25, -0.2) is 13.2 Å². The van der Waals surface area contributed by atoms with E-state index >= 15 is 0 Å². The first-order valence-corrected chi connectivity index (χ1v) is 11.0. The molecule has 30 heavy (non-hydrogen) atoms. The Morgan fingerprint density at radius 2 is 1.13 bits per heavy atom. The summed E-state index contributed by atoms with van der Waals surface area (Å²) in [5.74, 6) is 0. The molecule has 0 aromatic carbocycles. The normalized spacial score (nSPS) is 41.0. The van der Waals surface area contributed by atoms with Gasteiger partial charge in [-0.2, -0.15) is 5.26 Å². The molecule has 0 spiro atoms. The summed E-state index contributed by atoms with van der Waals surface area (Å²) in [7, 11) is 0. The molecule has 3 aliphatic rings. The van der Waals surface area contributed by atoms with Crippen molar-refractivity contribution in [3.63, 3.8) is 0 Å². The molecule has 0 bridgehead atoms. The first kappa shape index (κ1) is 26.6. The Morgan fingerprint density at radius 3 is 1.47 bits per heavy atom. The van der Waals surface area contributed by atoms with Crippen LogP contribution in [0.15, 0.2) is 0 Å². The van der Waals surface area contributed by atoms with Gasteiger partial charge in [0.1, 0.15) is 30.4 Å². The first-order chi connectivity index (χ1) is 14.0. The highest BCUT2D eigenvalue weighted by molar-refractivity contribution is 5.62. The number of aliphatic hydroxyl groups is 1. The van der Waals surface area contributed by atoms with E-state index in [4.69, 9.17) is 5.26 Å². The van der Waals surface area contributed by atoms with Crippen LogP contribution in [0.2, 0.25) is 0 Å². The zero-order valence-corrected chi connectivity index (χ0v) is 18.2. The highest BCUT2D eigenvalue weighted by Crippen LogP contribution is 2.36. The van der Waals surface area contributed by atoms with Crippen molar-refractivity contribution in [3.8, 4) is 6.07 Å². The van der Waals surface area contributed by atoms with Gasteiger partial charge in [-0.05, 0) is 84.0 Å². The molecule has 0 unspecified atom stereocenters. The van der Waals surface area contributed by atoms with E-state index in [2.05, 4.69) is 6.07 Å². The molecule has 1 N–H and O–H groups in total. The average molecular weight is 432 g/mol. The molecule has 0 aromatic rings. The molecule has 4 nitrogen and oxygen atoms in total.